The molecular formula is C22H18ClNO3S. The molecule has 6 heteroatoms. The molecule has 0 spiro atoms. The second-order valence-electron chi connectivity index (χ2n) is 5.78. The van der Waals surface area contributed by atoms with Gasteiger partial charge in [0.15, 0.2) is 0 Å². The molecule has 142 valence electrons. The van der Waals surface area contributed by atoms with Crippen LogP contribution in [0.1, 0.15) is 22.8 Å². The van der Waals surface area contributed by atoms with Crippen LogP contribution in [0.3, 0.4) is 0 Å². The van der Waals surface area contributed by atoms with Crippen molar-refractivity contribution in [2.75, 3.05) is 11.9 Å². The first-order valence-electron chi connectivity index (χ1n) is 8.68. The molecule has 28 heavy (non-hydrogen) atoms. The summed E-state index contributed by atoms with van der Waals surface area (Å²) in [6, 6.07) is 18.6. The van der Waals surface area contributed by atoms with Gasteiger partial charge in [0.25, 0.3) is 0 Å². The van der Waals surface area contributed by atoms with Crippen LogP contribution in [0.4, 0.5) is 5.00 Å². The van der Waals surface area contributed by atoms with Crippen molar-refractivity contribution in [3.63, 3.8) is 0 Å². The fourth-order valence-corrected chi connectivity index (χ4v) is 3.77. The van der Waals surface area contributed by atoms with Gasteiger partial charge >= 0.3 is 5.97 Å². The molecule has 1 N–H and O–H groups in total. The third-order valence-corrected chi connectivity index (χ3v) is 5.29. The van der Waals surface area contributed by atoms with E-state index in [1.807, 2.05) is 48.5 Å². The topological polar surface area (TPSA) is 55.4 Å². The molecule has 1 aromatic heterocycles. The minimum atomic E-state index is -0.466. The smallest absolute Gasteiger partial charge is 0.341 e. The van der Waals surface area contributed by atoms with Gasteiger partial charge in [-0.25, -0.2) is 4.79 Å². The van der Waals surface area contributed by atoms with Crippen molar-refractivity contribution >= 4 is 45.9 Å². The summed E-state index contributed by atoms with van der Waals surface area (Å²) < 4.78 is 5.13. The van der Waals surface area contributed by atoms with Crippen LogP contribution in [0.2, 0.25) is 5.02 Å². The summed E-state index contributed by atoms with van der Waals surface area (Å²) >= 11 is 7.43. The van der Waals surface area contributed by atoms with E-state index in [-0.39, 0.29) is 12.5 Å². The van der Waals surface area contributed by atoms with Crippen LogP contribution in [0.15, 0.2) is 66.7 Å². The largest absolute Gasteiger partial charge is 0.462 e. The quantitative estimate of drug-likeness (QED) is 0.406. The Morgan fingerprint density at radius 3 is 2.54 bits per heavy atom. The van der Waals surface area contributed by atoms with E-state index in [0.717, 1.165) is 16.0 Å². The maximum atomic E-state index is 12.4. The zero-order chi connectivity index (χ0) is 19.9. The Labute approximate surface area is 172 Å². The van der Waals surface area contributed by atoms with E-state index in [9.17, 15) is 9.59 Å². The maximum absolute atomic E-state index is 12.4. The fraction of sp³-hybridized carbons (Fsp3) is 0.0909. The van der Waals surface area contributed by atoms with Crippen molar-refractivity contribution in [2.45, 2.75) is 6.92 Å². The van der Waals surface area contributed by atoms with Crippen molar-refractivity contribution in [2.24, 2.45) is 0 Å². The molecule has 0 aliphatic rings. The second-order valence-corrected chi connectivity index (χ2v) is 7.24. The number of carbonyl (C=O) groups is 2. The van der Waals surface area contributed by atoms with E-state index in [0.29, 0.717) is 15.6 Å². The van der Waals surface area contributed by atoms with E-state index >= 15 is 0 Å². The number of hydrogen-bond acceptors (Lipinski definition) is 4. The van der Waals surface area contributed by atoms with Crippen molar-refractivity contribution < 1.29 is 14.3 Å². The van der Waals surface area contributed by atoms with Crippen LogP contribution in [0.25, 0.3) is 16.5 Å². The van der Waals surface area contributed by atoms with Gasteiger partial charge in [0.2, 0.25) is 5.91 Å². The van der Waals surface area contributed by atoms with Gasteiger partial charge in [0.05, 0.1) is 12.2 Å². The second kappa shape index (κ2) is 9.35. The minimum absolute atomic E-state index is 0.259. The highest BCUT2D eigenvalue weighted by molar-refractivity contribution is 7.20. The molecule has 0 aliphatic heterocycles. The summed E-state index contributed by atoms with van der Waals surface area (Å²) in [4.78, 5) is 25.6. The number of rotatable bonds is 6. The number of esters is 1. The van der Waals surface area contributed by atoms with Crippen LogP contribution in [-0.2, 0) is 9.53 Å². The number of anilines is 1. The molecule has 0 aliphatic carbocycles. The predicted molar refractivity (Wildman–Crippen MR) is 115 cm³/mol. The third-order valence-electron chi connectivity index (χ3n) is 3.84. The van der Waals surface area contributed by atoms with Crippen LogP contribution in [-0.4, -0.2) is 18.5 Å². The lowest BCUT2D eigenvalue weighted by Crippen LogP contribution is -2.11. The molecule has 0 atom stereocenters. The highest BCUT2D eigenvalue weighted by atomic mass is 35.5. The Hall–Kier alpha value is -2.89. The molecule has 0 fully saturated rings. The Morgan fingerprint density at radius 2 is 1.82 bits per heavy atom. The average Bonchev–Trinajstić information content (AvgIpc) is 3.12. The highest BCUT2D eigenvalue weighted by Gasteiger charge is 2.19. The number of benzene rings is 2. The Morgan fingerprint density at radius 1 is 1.11 bits per heavy atom. The molecule has 0 bridgehead atoms. The van der Waals surface area contributed by atoms with Gasteiger partial charge in [-0.3, -0.25) is 4.79 Å². The molecule has 0 saturated carbocycles. The first-order chi connectivity index (χ1) is 13.6. The predicted octanol–water partition coefficient (Wildman–Crippen LogP) is 5.90. The molecule has 1 heterocycles. The normalized spacial score (nSPS) is 10.8. The van der Waals surface area contributed by atoms with Gasteiger partial charge in [0.1, 0.15) is 5.00 Å². The molecule has 0 unspecified atom stereocenters. The number of nitrogens with one attached hydrogen (secondary N) is 1. The van der Waals surface area contributed by atoms with Gasteiger partial charge in [-0.1, -0.05) is 60.1 Å². The summed E-state index contributed by atoms with van der Waals surface area (Å²) in [6.45, 7) is 2.00. The van der Waals surface area contributed by atoms with Crippen molar-refractivity contribution in [3.05, 3.63) is 82.9 Å². The zero-order valence-corrected chi connectivity index (χ0v) is 16.7. The molecule has 1 amide bonds. The first kappa shape index (κ1) is 19.9. The molecule has 0 radical (unpaired) electrons. The number of thiophene rings is 1. The van der Waals surface area contributed by atoms with Crippen LogP contribution >= 0.6 is 22.9 Å². The Kier molecular flexibility index (Phi) is 6.63. The number of ether oxygens (including phenoxy) is 1. The lowest BCUT2D eigenvalue weighted by molar-refractivity contribution is -0.111. The maximum Gasteiger partial charge on any atom is 0.341 e. The summed E-state index contributed by atoms with van der Waals surface area (Å²) in [5, 5.41) is 3.79. The molecule has 3 aromatic rings. The molecule has 2 aromatic carbocycles. The minimum Gasteiger partial charge on any atom is -0.462 e. The molecule has 4 nitrogen and oxygen atoms in total. The lowest BCUT2D eigenvalue weighted by atomic mass is 10.1. The molecule has 3 rings (SSSR count). The van der Waals surface area contributed by atoms with Crippen molar-refractivity contribution in [1.82, 2.24) is 0 Å². The summed E-state index contributed by atoms with van der Waals surface area (Å²) in [5.74, 6) is -0.821. The number of amides is 1. The Bertz CT molecular complexity index is 1010. The average molecular weight is 412 g/mol. The highest BCUT2D eigenvalue weighted by Crippen LogP contribution is 2.36. The van der Waals surface area contributed by atoms with E-state index in [4.69, 9.17) is 16.3 Å². The number of carbonyl (C=O) groups excluding carboxylic acids is 2. The first-order valence-corrected chi connectivity index (χ1v) is 9.88. The standard InChI is InChI=1S/C22H18ClNO3S/c1-2-27-22(26)17-14-19(16-9-4-3-5-10-16)28-21(17)24-20(25)13-12-15-8-6-7-11-18(15)23/h3-14H,2H2,1H3,(H,24,25)/b13-12+. The zero-order valence-electron chi connectivity index (χ0n) is 15.1. The number of halogens is 1. The van der Waals surface area contributed by atoms with Crippen LogP contribution < -0.4 is 5.32 Å². The molecular weight excluding hydrogens is 394 g/mol. The van der Waals surface area contributed by atoms with Crippen molar-refractivity contribution in [1.29, 1.82) is 0 Å². The van der Waals surface area contributed by atoms with Crippen LogP contribution in [0.5, 0.6) is 0 Å². The van der Waals surface area contributed by atoms with Crippen molar-refractivity contribution in [3.8, 4) is 10.4 Å². The van der Waals surface area contributed by atoms with Gasteiger partial charge in [-0.15, -0.1) is 11.3 Å². The van der Waals surface area contributed by atoms with Gasteiger partial charge in [-0.05, 0) is 36.3 Å². The SMILES string of the molecule is CCOC(=O)c1cc(-c2ccccc2)sc1NC(=O)/C=C/c1ccccc1Cl. The third kappa shape index (κ3) is 4.88. The summed E-state index contributed by atoms with van der Waals surface area (Å²) in [5.41, 5.74) is 2.04. The van der Waals surface area contributed by atoms with E-state index in [1.165, 1.54) is 17.4 Å². The van der Waals surface area contributed by atoms with Gasteiger partial charge in [0, 0.05) is 16.0 Å². The number of hydrogen-bond donors (Lipinski definition) is 1. The summed E-state index contributed by atoms with van der Waals surface area (Å²) in [6.07, 6.45) is 3.02. The Balaban J connectivity index is 1.85. The van der Waals surface area contributed by atoms with E-state index < -0.39 is 5.97 Å². The monoisotopic (exact) mass is 411 g/mol. The lowest BCUT2D eigenvalue weighted by Gasteiger charge is -2.04. The fourth-order valence-electron chi connectivity index (χ4n) is 2.52. The van der Waals surface area contributed by atoms with E-state index in [1.54, 1.807) is 25.1 Å². The van der Waals surface area contributed by atoms with Gasteiger partial charge in [-0.2, -0.15) is 0 Å². The summed E-state index contributed by atoms with van der Waals surface area (Å²) in [7, 11) is 0. The van der Waals surface area contributed by atoms with Gasteiger partial charge < -0.3 is 10.1 Å². The molecule has 0 saturated heterocycles. The van der Waals surface area contributed by atoms with E-state index in [2.05, 4.69) is 5.32 Å². The van der Waals surface area contributed by atoms with Crippen LogP contribution in [0, 0.1) is 0 Å².